The molecule has 142 valence electrons. The highest BCUT2D eigenvalue weighted by molar-refractivity contribution is 6.35. The fraction of sp³-hybridized carbons (Fsp3) is 0.550. The number of carbonyl (C=O) groups excluding carboxylic acids is 3. The molecule has 26 heavy (non-hydrogen) atoms. The number of hydrogen-bond acceptors (Lipinski definition) is 6. The van der Waals surface area contributed by atoms with Gasteiger partial charge in [0.05, 0.1) is 6.10 Å². The predicted molar refractivity (Wildman–Crippen MR) is 94.7 cm³/mol. The van der Waals surface area contributed by atoms with Gasteiger partial charge in [0.2, 0.25) is 0 Å². The van der Waals surface area contributed by atoms with Gasteiger partial charge < -0.3 is 14.2 Å². The summed E-state index contributed by atoms with van der Waals surface area (Å²) in [5.74, 6) is -2.86. The summed E-state index contributed by atoms with van der Waals surface area (Å²) in [6, 6.07) is 8.88. The summed E-state index contributed by atoms with van der Waals surface area (Å²) in [5.41, 5.74) is -0.189. The van der Waals surface area contributed by atoms with Crippen molar-refractivity contribution in [1.82, 2.24) is 0 Å². The van der Waals surface area contributed by atoms with Gasteiger partial charge in [-0.3, -0.25) is 9.59 Å². The van der Waals surface area contributed by atoms with E-state index in [0.717, 1.165) is 0 Å². The molecule has 1 aliphatic heterocycles. The summed E-state index contributed by atoms with van der Waals surface area (Å²) in [4.78, 5) is 36.9. The molecule has 6 nitrogen and oxygen atoms in total. The summed E-state index contributed by atoms with van der Waals surface area (Å²) in [6.45, 7) is 8.37. The fourth-order valence-corrected chi connectivity index (χ4v) is 2.80. The van der Waals surface area contributed by atoms with Crippen molar-refractivity contribution in [2.24, 2.45) is 0 Å². The number of Topliss-reactive ketones (excluding diaryl/α,β-unsaturated/α-hetero) is 2. The van der Waals surface area contributed by atoms with Crippen molar-refractivity contribution < 1.29 is 28.6 Å². The highest BCUT2D eigenvalue weighted by atomic mass is 16.7. The Labute approximate surface area is 153 Å². The van der Waals surface area contributed by atoms with Crippen molar-refractivity contribution in [3.8, 4) is 0 Å². The SMILES string of the molecule is CC(C)(C)OC(=O)C(=O)[C@H]1C[C@@H](CC(=O)c2ccccc2)OC(C)(C)O1. The third-order valence-electron chi connectivity index (χ3n) is 3.75. The molecule has 0 radical (unpaired) electrons. The number of hydrogen-bond donors (Lipinski definition) is 0. The summed E-state index contributed by atoms with van der Waals surface area (Å²) in [5, 5.41) is 0. The Bertz CT molecular complexity index is 671. The first-order valence-corrected chi connectivity index (χ1v) is 8.68. The molecule has 1 saturated heterocycles. The second kappa shape index (κ2) is 7.68. The Kier molecular flexibility index (Phi) is 5.98. The van der Waals surface area contributed by atoms with E-state index in [1.807, 2.05) is 6.07 Å². The zero-order chi connectivity index (χ0) is 19.5. The normalized spacial score (nSPS) is 22.5. The van der Waals surface area contributed by atoms with Gasteiger partial charge in [0.25, 0.3) is 5.78 Å². The van der Waals surface area contributed by atoms with E-state index in [2.05, 4.69) is 0 Å². The van der Waals surface area contributed by atoms with E-state index in [1.54, 1.807) is 58.9 Å². The zero-order valence-corrected chi connectivity index (χ0v) is 15.9. The van der Waals surface area contributed by atoms with Crippen LogP contribution >= 0.6 is 0 Å². The topological polar surface area (TPSA) is 78.9 Å². The van der Waals surface area contributed by atoms with Crippen molar-refractivity contribution in [2.45, 2.75) is 71.1 Å². The maximum atomic E-state index is 12.4. The fourth-order valence-electron chi connectivity index (χ4n) is 2.80. The second-order valence-corrected chi connectivity index (χ2v) is 7.84. The van der Waals surface area contributed by atoms with Crippen LogP contribution in [0.15, 0.2) is 30.3 Å². The van der Waals surface area contributed by atoms with E-state index < -0.39 is 35.3 Å². The van der Waals surface area contributed by atoms with Crippen LogP contribution in [0.1, 0.15) is 57.8 Å². The van der Waals surface area contributed by atoms with Crippen molar-refractivity contribution in [2.75, 3.05) is 0 Å². The third kappa shape index (κ3) is 5.75. The van der Waals surface area contributed by atoms with Crippen LogP contribution in [0, 0.1) is 0 Å². The van der Waals surface area contributed by atoms with Crippen LogP contribution in [0.5, 0.6) is 0 Å². The summed E-state index contributed by atoms with van der Waals surface area (Å²) < 4.78 is 16.5. The molecule has 0 saturated carbocycles. The van der Waals surface area contributed by atoms with Gasteiger partial charge in [0, 0.05) is 18.4 Å². The molecule has 2 atom stereocenters. The monoisotopic (exact) mass is 362 g/mol. The van der Waals surface area contributed by atoms with Gasteiger partial charge in [0.15, 0.2) is 11.6 Å². The summed E-state index contributed by atoms with van der Waals surface area (Å²) >= 11 is 0. The lowest BCUT2D eigenvalue weighted by atomic mass is 9.98. The zero-order valence-electron chi connectivity index (χ0n) is 15.9. The van der Waals surface area contributed by atoms with Gasteiger partial charge in [-0.25, -0.2) is 4.79 Å². The van der Waals surface area contributed by atoms with Crippen LogP contribution in [-0.4, -0.2) is 41.1 Å². The molecule has 0 aromatic heterocycles. The Morgan fingerprint density at radius 3 is 2.31 bits per heavy atom. The van der Waals surface area contributed by atoms with Gasteiger partial charge in [-0.1, -0.05) is 30.3 Å². The molecule has 1 heterocycles. The van der Waals surface area contributed by atoms with Crippen LogP contribution in [0.3, 0.4) is 0 Å². The van der Waals surface area contributed by atoms with E-state index in [-0.39, 0.29) is 18.6 Å². The number of rotatable bonds is 5. The maximum Gasteiger partial charge on any atom is 0.377 e. The quantitative estimate of drug-likeness (QED) is 0.455. The van der Waals surface area contributed by atoms with Crippen LogP contribution < -0.4 is 0 Å². The largest absolute Gasteiger partial charge is 0.454 e. The predicted octanol–water partition coefficient (Wildman–Crippen LogP) is 3.08. The molecular weight excluding hydrogens is 336 g/mol. The molecule has 0 amide bonds. The van der Waals surface area contributed by atoms with Gasteiger partial charge >= 0.3 is 5.97 Å². The molecule has 0 N–H and O–H groups in total. The van der Waals surface area contributed by atoms with E-state index in [0.29, 0.717) is 5.56 Å². The average molecular weight is 362 g/mol. The smallest absolute Gasteiger partial charge is 0.377 e. The molecule has 0 bridgehead atoms. The van der Waals surface area contributed by atoms with Crippen molar-refractivity contribution in [3.05, 3.63) is 35.9 Å². The minimum absolute atomic E-state index is 0.0863. The molecule has 6 heteroatoms. The lowest BCUT2D eigenvalue weighted by molar-refractivity contribution is -0.291. The number of esters is 1. The summed E-state index contributed by atoms with van der Waals surface area (Å²) in [7, 11) is 0. The van der Waals surface area contributed by atoms with Crippen molar-refractivity contribution >= 4 is 17.5 Å². The first kappa shape index (κ1) is 20.3. The highest BCUT2D eigenvalue weighted by Crippen LogP contribution is 2.30. The molecule has 1 aromatic carbocycles. The number of benzene rings is 1. The molecule has 0 aliphatic carbocycles. The number of ketones is 2. The minimum atomic E-state index is -1.08. The maximum absolute atomic E-state index is 12.4. The van der Waals surface area contributed by atoms with Crippen molar-refractivity contribution in [3.63, 3.8) is 0 Å². The van der Waals surface area contributed by atoms with Crippen molar-refractivity contribution in [1.29, 1.82) is 0 Å². The van der Waals surface area contributed by atoms with E-state index >= 15 is 0 Å². The molecule has 0 spiro atoms. The van der Waals surface area contributed by atoms with Crippen LogP contribution in [0.25, 0.3) is 0 Å². The van der Waals surface area contributed by atoms with E-state index in [4.69, 9.17) is 14.2 Å². The molecule has 1 fully saturated rings. The number of carbonyl (C=O) groups is 3. The lowest BCUT2D eigenvalue weighted by Gasteiger charge is -2.39. The number of ether oxygens (including phenoxy) is 3. The van der Waals surface area contributed by atoms with Crippen LogP contribution in [-0.2, 0) is 23.8 Å². The summed E-state index contributed by atoms with van der Waals surface area (Å²) in [6.07, 6.45) is -1.29. The first-order chi connectivity index (χ1) is 12.0. The molecule has 1 aromatic rings. The standard InChI is InChI=1S/C20H26O6/c1-19(2,3)26-18(23)17(22)16-12-14(24-20(4,5)25-16)11-15(21)13-9-7-6-8-10-13/h6-10,14,16H,11-12H2,1-5H3/t14-,16-/m1/s1. The van der Waals surface area contributed by atoms with Gasteiger partial charge in [-0.2, -0.15) is 0 Å². The second-order valence-electron chi connectivity index (χ2n) is 7.84. The molecule has 0 unspecified atom stereocenters. The Hall–Kier alpha value is -2.05. The molecule has 1 aliphatic rings. The molecule has 2 rings (SSSR count). The van der Waals surface area contributed by atoms with Crippen LogP contribution in [0.2, 0.25) is 0 Å². The first-order valence-electron chi connectivity index (χ1n) is 8.68. The Morgan fingerprint density at radius 1 is 1.12 bits per heavy atom. The Balaban J connectivity index is 2.07. The average Bonchev–Trinajstić information content (AvgIpc) is 2.51. The van der Waals surface area contributed by atoms with Gasteiger partial charge in [0.1, 0.15) is 11.7 Å². The Morgan fingerprint density at radius 2 is 1.73 bits per heavy atom. The minimum Gasteiger partial charge on any atom is -0.454 e. The van der Waals surface area contributed by atoms with Gasteiger partial charge in [-0.15, -0.1) is 0 Å². The highest BCUT2D eigenvalue weighted by Gasteiger charge is 2.42. The van der Waals surface area contributed by atoms with E-state index in [9.17, 15) is 14.4 Å². The van der Waals surface area contributed by atoms with Crippen LogP contribution in [0.4, 0.5) is 0 Å². The third-order valence-corrected chi connectivity index (χ3v) is 3.75. The van der Waals surface area contributed by atoms with E-state index in [1.165, 1.54) is 0 Å². The molecular formula is C20H26O6. The van der Waals surface area contributed by atoms with Gasteiger partial charge in [-0.05, 0) is 34.6 Å². The lowest BCUT2D eigenvalue weighted by Crippen LogP contribution is -2.50.